The highest BCUT2D eigenvalue weighted by Gasteiger charge is 2.15. The molecule has 0 bridgehead atoms. The summed E-state index contributed by atoms with van der Waals surface area (Å²) in [4.78, 5) is 19.6. The Balaban J connectivity index is 2.56. The average molecular weight is 234 g/mol. The number of hydrogen-bond donors (Lipinski definition) is 0. The molecule has 0 aliphatic rings. The van der Waals surface area contributed by atoms with E-state index in [0.717, 1.165) is 0 Å². The van der Waals surface area contributed by atoms with Crippen molar-refractivity contribution in [3.8, 4) is 0 Å². The molecular weight excluding hydrogens is 223 g/mol. The Labute approximate surface area is 97.5 Å². The molecule has 88 valence electrons. The number of ether oxygens (including phenoxy) is 1. The van der Waals surface area contributed by atoms with Crippen LogP contribution in [0, 0.1) is 0 Å². The number of aromatic nitrogens is 2. The van der Waals surface area contributed by atoms with Gasteiger partial charge < -0.3 is 4.74 Å². The molecule has 0 aliphatic heterocycles. The van der Waals surface area contributed by atoms with Gasteiger partial charge in [0.1, 0.15) is 6.67 Å². The average Bonchev–Trinajstić information content (AvgIpc) is 2.37. The minimum Gasteiger partial charge on any atom is -0.462 e. The zero-order valence-electron chi connectivity index (χ0n) is 9.31. The Morgan fingerprint density at radius 2 is 2.35 bits per heavy atom. The monoisotopic (exact) mass is 234 g/mol. The molecule has 0 unspecified atom stereocenters. The highest BCUT2D eigenvalue weighted by Crippen LogP contribution is 2.16. The first-order chi connectivity index (χ1) is 8.26. The molecule has 2 aromatic heterocycles. The molecule has 0 radical (unpaired) electrons. The topological polar surface area (TPSA) is 52.1 Å². The number of carbonyl (C=O) groups excluding carboxylic acids is 1. The first kappa shape index (κ1) is 11.4. The van der Waals surface area contributed by atoms with Crippen LogP contribution in [0.2, 0.25) is 0 Å². The number of hydrogen-bond acceptors (Lipinski definition) is 4. The van der Waals surface area contributed by atoms with Crippen molar-refractivity contribution in [3.05, 3.63) is 35.7 Å². The smallest absolute Gasteiger partial charge is 0.340 e. The molecule has 2 aromatic rings. The van der Waals surface area contributed by atoms with Crippen LogP contribution < -0.4 is 0 Å². The number of fused-ring (bicyclic) bond motifs is 1. The Hall–Kier alpha value is -2.04. The molecule has 0 spiro atoms. The van der Waals surface area contributed by atoms with Crippen LogP contribution >= 0.6 is 0 Å². The zero-order chi connectivity index (χ0) is 12.3. The van der Waals surface area contributed by atoms with Gasteiger partial charge in [-0.2, -0.15) is 0 Å². The molecule has 0 fully saturated rings. The van der Waals surface area contributed by atoms with Crippen LogP contribution in [0.15, 0.2) is 24.4 Å². The standard InChI is InChI=1S/C12H11FN2O2/c1-2-17-12(16)9-6-8-4-3-5-14-11(8)15-10(9)7-13/h3-6H,2,7H2,1H3. The van der Waals surface area contributed by atoms with Crippen molar-refractivity contribution in [2.24, 2.45) is 0 Å². The van der Waals surface area contributed by atoms with E-state index >= 15 is 0 Å². The van der Waals surface area contributed by atoms with E-state index in [1.807, 2.05) is 0 Å². The lowest BCUT2D eigenvalue weighted by molar-refractivity contribution is 0.0523. The number of nitrogens with zero attached hydrogens (tertiary/aromatic N) is 2. The van der Waals surface area contributed by atoms with Crippen molar-refractivity contribution in [2.45, 2.75) is 13.6 Å². The van der Waals surface area contributed by atoms with E-state index < -0.39 is 12.6 Å². The molecule has 2 rings (SSSR count). The second-order valence-corrected chi connectivity index (χ2v) is 3.39. The van der Waals surface area contributed by atoms with Gasteiger partial charge in [-0.25, -0.2) is 19.2 Å². The van der Waals surface area contributed by atoms with Crippen LogP contribution in [-0.2, 0) is 11.4 Å². The van der Waals surface area contributed by atoms with Crippen molar-refractivity contribution >= 4 is 17.0 Å². The van der Waals surface area contributed by atoms with Gasteiger partial charge in [0.15, 0.2) is 5.65 Å². The van der Waals surface area contributed by atoms with Gasteiger partial charge in [0.25, 0.3) is 0 Å². The van der Waals surface area contributed by atoms with Gasteiger partial charge in [-0.3, -0.25) is 0 Å². The number of alkyl halides is 1. The summed E-state index contributed by atoms with van der Waals surface area (Å²) in [6.07, 6.45) is 1.57. The zero-order valence-corrected chi connectivity index (χ0v) is 9.31. The summed E-state index contributed by atoms with van der Waals surface area (Å²) in [5.74, 6) is -0.557. The molecule has 4 nitrogen and oxygen atoms in total. The van der Waals surface area contributed by atoms with Gasteiger partial charge >= 0.3 is 5.97 Å². The van der Waals surface area contributed by atoms with Crippen molar-refractivity contribution in [3.63, 3.8) is 0 Å². The van der Waals surface area contributed by atoms with Crippen LogP contribution in [0.4, 0.5) is 4.39 Å². The van der Waals surface area contributed by atoms with Gasteiger partial charge in [-0.1, -0.05) is 0 Å². The van der Waals surface area contributed by atoms with Crippen molar-refractivity contribution in [2.75, 3.05) is 6.61 Å². The molecule has 0 amide bonds. The van der Waals surface area contributed by atoms with E-state index in [9.17, 15) is 9.18 Å². The fourth-order valence-corrected chi connectivity index (χ4v) is 1.53. The number of pyridine rings is 2. The van der Waals surface area contributed by atoms with Gasteiger partial charge in [0.05, 0.1) is 17.9 Å². The summed E-state index contributed by atoms with van der Waals surface area (Å²) in [5.41, 5.74) is 0.651. The third kappa shape index (κ3) is 2.22. The molecule has 0 saturated carbocycles. The summed E-state index contributed by atoms with van der Waals surface area (Å²) in [6, 6.07) is 5.05. The van der Waals surface area contributed by atoms with Gasteiger partial charge in [0, 0.05) is 11.6 Å². The van der Waals surface area contributed by atoms with Crippen LogP contribution in [0.25, 0.3) is 11.0 Å². The first-order valence-corrected chi connectivity index (χ1v) is 5.24. The minimum atomic E-state index is -0.819. The van der Waals surface area contributed by atoms with Crippen molar-refractivity contribution < 1.29 is 13.9 Å². The molecule has 0 aliphatic carbocycles. The number of carbonyl (C=O) groups is 1. The van der Waals surface area contributed by atoms with E-state index in [4.69, 9.17) is 4.74 Å². The normalized spacial score (nSPS) is 10.5. The Morgan fingerprint density at radius 3 is 3.06 bits per heavy atom. The van der Waals surface area contributed by atoms with E-state index in [1.54, 1.807) is 31.3 Å². The Kier molecular flexibility index (Phi) is 3.27. The molecular formula is C12H11FN2O2. The molecule has 17 heavy (non-hydrogen) atoms. The highest BCUT2D eigenvalue weighted by atomic mass is 19.1. The number of rotatable bonds is 3. The molecule has 2 heterocycles. The molecule has 0 N–H and O–H groups in total. The fraction of sp³-hybridized carbons (Fsp3) is 0.250. The quantitative estimate of drug-likeness (QED) is 0.764. The van der Waals surface area contributed by atoms with Crippen LogP contribution in [0.5, 0.6) is 0 Å². The summed E-state index contributed by atoms with van der Waals surface area (Å²) < 4.78 is 17.7. The van der Waals surface area contributed by atoms with E-state index in [1.165, 1.54) is 0 Å². The van der Waals surface area contributed by atoms with Crippen LogP contribution in [0.1, 0.15) is 23.0 Å². The number of esters is 1. The predicted molar refractivity (Wildman–Crippen MR) is 60.3 cm³/mol. The maximum absolute atomic E-state index is 12.8. The largest absolute Gasteiger partial charge is 0.462 e. The summed E-state index contributed by atoms with van der Waals surface area (Å²) in [7, 11) is 0. The minimum absolute atomic E-state index is 0.0645. The third-order valence-electron chi connectivity index (χ3n) is 2.29. The molecule has 0 atom stereocenters. The molecule has 5 heteroatoms. The van der Waals surface area contributed by atoms with Crippen LogP contribution in [0.3, 0.4) is 0 Å². The SMILES string of the molecule is CCOC(=O)c1cc2cccnc2nc1CF. The lowest BCUT2D eigenvalue weighted by Gasteiger charge is -2.06. The third-order valence-corrected chi connectivity index (χ3v) is 2.29. The summed E-state index contributed by atoms with van der Waals surface area (Å²) >= 11 is 0. The predicted octanol–water partition coefficient (Wildman–Crippen LogP) is 2.28. The number of halogens is 1. The fourth-order valence-electron chi connectivity index (χ4n) is 1.53. The van der Waals surface area contributed by atoms with Crippen LogP contribution in [-0.4, -0.2) is 22.5 Å². The Morgan fingerprint density at radius 1 is 1.53 bits per heavy atom. The Bertz CT molecular complexity index is 557. The van der Waals surface area contributed by atoms with E-state index in [0.29, 0.717) is 11.0 Å². The molecule has 0 saturated heterocycles. The van der Waals surface area contributed by atoms with Gasteiger partial charge in [-0.05, 0) is 25.1 Å². The van der Waals surface area contributed by atoms with E-state index in [-0.39, 0.29) is 17.9 Å². The maximum Gasteiger partial charge on any atom is 0.340 e. The second kappa shape index (κ2) is 4.86. The lowest BCUT2D eigenvalue weighted by Crippen LogP contribution is -2.09. The van der Waals surface area contributed by atoms with Crippen molar-refractivity contribution in [1.29, 1.82) is 0 Å². The first-order valence-electron chi connectivity index (χ1n) is 5.24. The second-order valence-electron chi connectivity index (χ2n) is 3.39. The molecule has 0 aromatic carbocycles. The summed E-state index contributed by atoms with van der Waals surface area (Å²) in [6.45, 7) is 1.12. The van der Waals surface area contributed by atoms with E-state index in [2.05, 4.69) is 9.97 Å². The lowest BCUT2D eigenvalue weighted by atomic mass is 10.1. The maximum atomic E-state index is 12.8. The van der Waals surface area contributed by atoms with Gasteiger partial charge in [0.2, 0.25) is 0 Å². The van der Waals surface area contributed by atoms with Crippen molar-refractivity contribution in [1.82, 2.24) is 9.97 Å². The highest BCUT2D eigenvalue weighted by molar-refractivity contribution is 5.94. The van der Waals surface area contributed by atoms with Gasteiger partial charge in [-0.15, -0.1) is 0 Å². The summed E-state index contributed by atoms with van der Waals surface area (Å²) in [5, 5.41) is 0.688.